The van der Waals surface area contributed by atoms with Gasteiger partial charge in [0.25, 0.3) is 0 Å². The normalized spacial score (nSPS) is 33.9. The van der Waals surface area contributed by atoms with Gasteiger partial charge in [-0.05, 0) is 74.6 Å². The third-order valence-corrected chi connectivity index (χ3v) is 8.14. The maximum Gasteiger partial charge on any atom is 0.243 e. The van der Waals surface area contributed by atoms with Crippen LogP contribution in [0.15, 0.2) is 24.3 Å². The molecule has 2 atom stereocenters. The SMILES string of the molecule is CN(CC(=O)Nc1ccc(N2CCOCC2)cc1)C(=O)C12CC3CC(CC(Cl)(C3)C1)C2. The molecule has 4 aliphatic carbocycles. The highest BCUT2D eigenvalue weighted by Crippen LogP contribution is 2.64. The maximum atomic E-state index is 13.4. The molecule has 2 amide bonds. The number of rotatable bonds is 5. The lowest BCUT2D eigenvalue weighted by molar-refractivity contribution is -0.155. The predicted molar refractivity (Wildman–Crippen MR) is 121 cm³/mol. The van der Waals surface area contributed by atoms with Crippen LogP contribution in [0.5, 0.6) is 0 Å². The summed E-state index contributed by atoms with van der Waals surface area (Å²) >= 11 is 6.89. The van der Waals surface area contributed by atoms with Crippen LogP contribution in [0.1, 0.15) is 38.5 Å². The van der Waals surface area contributed by atoms with Gasteiger partial charge >= 0.3 is 0 Å². The van der Waals surface area contributed by atoms with E-state index in [0.717, 1.165) is 69.8 Å². The van der Waals surface area contributed by atoms with Gasteiger partial charge in [-0.15, -0.1) is 11.6 Å². The minimum absolute atomic E-state index is 0.0659. The van der Waals surface area contributed by atoms with E-state index in [0.29, 0.717) is 11.8 Å². The number of hydrogen-bond acceptors (Lipinski definition) is 4. The highest BCUT2D eigenvalue weighted by molar-refractivity contribution is 6.24. The number of nitrogens with zero attached hydrogens (tertiary/aromatic N) is 2. The van der Waals surface area contributed by atoms with E-state index < -0.39 is 0 Å². The number of alkyl halides is 1. The highest BCUT2D eigenvalue weighted by Gasteiger charge is 2.60. The Bertz CT molecular complexity index is 838. The van der Waals surface area contributed by atoms with Crippen molar-refractivity contribution in [3.63, 3.8) is 0 Å². The summed E-state index contributed by atoms with van der Waals surface area (Å²) in [5, 5.41) is 2.94. The quantitative estimate of drug-likeness (QED) is 0.704. The number of carbonyl (C=O) groups is 2. The maximum absolute atomic E-state index is 13.4. The molecule has 2 unspecified atom stereocenters. The van der Waals surface area contributed by atoms with Gasteiger partial charge in [-0.1, -0.05) is 0 Å². The molecular formula is C24H32ClN3O3. The molecule has 168 valence electrons. The van der Waals surface area contributed by atoms with Gasteiger partial charge in [0, 0.05) is 36.4 Å². The number of likely N-dealkylation sites (N-methyl/N-ethyl adjacent to an activating group) is 1. The Morgan fingerprint density at radius 3 is 2.39 bits per heavy atom. The molecule has 4 saturated carbocycles. The number of nitrogens with one attached hydrogen (secondary N) is 1. The number of morpholine rings is 1. The number of amides is 2. The monoisotopic (exact) mass is 445 g/mol. The number of halogens is 1. The van der Waals surface area contributed by atoms with Crippen molar-refractivity contribution in [2.75, 3.05) is 50.1 Å². The summed E-state index contributed by atoms with van der Waals surface area (Å²) in [5.41, 5.74) is 1.52. The van der Waals surface area contributed by atoms with Gasteiger partial charge in [-0.3, -0.25) is 9.59 Å². The molecule has 6 nitrogen and oxygen atoms in total. The first-order valence-corrected chi connectivity index (χ1v) is 11.9. The van der Waals surface area contributed by atoms with Crippen LogP contribution in [-0.4, -0.2) is 61.5 Å². The summed E-state index contributed by atoms with van der Waals surface area (Å²) in [4.78, 5) is 29.8. The number of benzene rings is 1. The van der Waals surface area contributed by atoms with Gasteiger partial charge in [0.05, 0.1) is 25.2 Å². The second-order valence-corrected chi connectivity index (χ2v) is 11.0. The third kappa shape index (κ3) is 4.17. The zero-order valence-corrected chi connectivity index (χ0v) is 19.0. The molecule has 1 aliphatic heterocycles. The first-order chi connectivity index (χ1) is 14.8. The molecule has 31 heavy (non-hydrogen) atoms. The average Bonchev–Trinajstić information content (AvgIpc) is 2.72. The molecule has 4 bridgehead atoms. The molecular weight excluding hydrogens is 414 g/mol. The van der Waals surface area contributed by atoms with Crippen molar-refractivity contribution in [1.82, 2.24) is 4.90 Å². The van der Waals surface area contributed by atoms with Crippen molar-refractivity contribution in [2.24, 2.45) is 17.3 Å². The molecule has 0 spiro atoms. The van der Waals surface area contributed by atoms with E-state index in [1.165, 1.54) is 6.42 Å². The molecule has 7 heteroatoms. The summed E-state index contributed by atoms with van der Waals surface area (Å²) in [6.07, 6.45) is 5.95. The number of anilines is 2. The average molecular weight is 446 g/mol. The van der Waals surface area contributed by atoms with E-state index >= 15 is 0 Å². The Morgan fingerprint density at radius 1 is 1.13 bits per heavy atom. The van der Waals surface area contributed by atoms with Crippen LogP contribution in [-0.2, 0) is 14.3 Å². The van der Waals surface area contributed by atoms with E-state index in [1.807, 2.05) is 24.3 Å². The zero-order chi connectivity index (χ0) is 21.6. The van der Waals surface area contributed by atoms with Crippen LogP contribution in [0.3, 0.4) is 0 Å². The molecule has 1 saturated heterocycles. The van der Waals surface area contributed by atoms with Crippen LogP contribution in [0.4, 0.5) is 11.4 Å². The summed E-state index contributed by atoms with van der Waals surface area (Å²) in [7, 11) is 1.75. The van der Waals surface area contributed by atoms with Crippen LogP contribution in [0, 0.1) is 17.3 Å². The van der Waals surface area contributed by atoms with Gasteiger partial charge in [-0.25, -0.2) is 0 Å². The van der Waals surface area contributed by atoms with Crippen molar-refractivity contribution in [1.29, 1.82) is 0 Å². The fourth-order valence-corrected chi connectivity index (χ4v) is 7.56. The van der Waals surface area contributed by atoms with Crippen molar-refractivity contribution >= 4 is 34.8 Å². The predicted octanol–water partition coefficient (Wildman–Crippen LogP) is 3.50. The molecule has 1 heterocycles. The molecule has 5 fully saturated rings. The lowest BCUT2D eigenvalue weighted by Crippen LogP contribution is -2.59. The largest absolute Gasteiger partial charge is 0.378 e. The molecule has 1 aromatic carbocycles. The standard InChI is InChI=1S/C24H32ClN3O3/c1-27(22(30)23-11-17-10-18(12-23)14-24(25,13-17)16-23)15-21(29)26-19-2-4-20(5-3-19)28-6-8-31-9-7-28/h2-5,17-18H,6-16H2,1H3,(H,26,29). The second kappa shape index (κ2) is 7.96. The van der Waals surface area contributed by atoms with Gasteiger partial charge in [0.1, 0.15) is 0 Å². The number of hydrogen-bond donors (Lipinski definition) is 1. The lowest BCUT2D eigenvalue weighted by Gasteiger charge is -2.59. The van der Waals surface area contributed by atoms with E-state index in [-0.39, 0.29) is 28.6 Å². The Hall–Kier alpha value is -1.79. The van der Waals surface area contributed by atoms with Crippen molar-refractivity contribution < 1.29 is 14.3 Å². The molecule has 5 aliphatic rings. The van der Waals surface area contributed by atoms with Gasteiger partial charge in [0.15, 0.2) is 0 Å². The summed E-state index contributed by atoms with van der Waals surface area (Å²) < 4.78 is 5.40. The van der Waals surface area contributed by atoms with E-state index in [1.54, 1.807) is 11.9 Å². The van der Waals surface area contributed by atoms with Crippen LogP contribution in [0.2, 0.25) is 0 Å². The van der Waals surface area contributed by atoms with Crippen LogP contribution >= 0.6 is 11.6 Å². The summed E-state index contributed by atoms with van der Waals surface area (Å²) in [6.45, 7) is 3.31. The minimum Gasteiger partial charge on any atom is -0.378 e. The first-order valence-electron chi connectivity index (χ1n) is 11.5. The number of ether oxygens (including phenoxy) is 1. The molecule has 0 radical (unpaired) electrons. The van der Waals surface area contributed by atoms with E-state index in [2.05, 4.69) is 10.2 Å². The smallest absolute Gasteiger partial charge is 0.243 e. The van der Waals surface area contributed by atoms with Crippen LogP contribution in [0.25, 0.3) is 0 Å². The third-order valence-electron chi connectivity index (χ3n) is 7.70. The van der Waals surface area contributed by atoms with E-state index in [9.17, 15) is 9.59 Å². The molecule has 1 N–H and O–H groups in total. The molecule has 0 aromatic heterocycles. The Morgan fingerprint density at radius 2 is 1.77 bits per heavy atom. The second-order valence-electron chi connectivity index (χ2n) is 10.2. The lowest BCUT2D eigenvalue weighted by atomic mass is 9.49. The fraction of sp³-hybridized carbons (Fsp3) is 0.667. The molecule has 6 rings (SSSR count). The van der Waals surface area contributed by atoms with E-state index in [4.69, 9.17) is 16.3 Å². The zero-order valence-electron chi connectivity index (χ0n) is 18.2. The van der Waals surface area contributed by atoms with Gasteiger partial charge < -0.3 is 19.9 Å². The highest BCUT2D eigenvalue weighted by atomic mass is 35.5. The topological polar surface area (TPSA) is 61.9 Å². The van der Waals surface area contributed by atoms with Crippen LogP contribution < -0.4 is 10.2 Å². The number of carbonyl (C=O) groups excluding carboxylic acids is 2. The summed E-state index contributed by atoms with van der Waals surface area (Å²) in [6, 6.07) is 7.87. The first kappa shape index (κ1) is 21.1. The Balaban J connectivity index is 1.18. The van der Waals surface area contributed by atoms with Crippen molar-refractivity contribution in [3.8, 4) is 0 Å². The minimum atomic E-state index is -0.360. The van der Waals surface area contributed by atoms with Crippen molar-refractivity contribution in [2.45, 2.75) is 43.4 Å². The Labute approximate surface area is 189 Å². The van der Waals surface area contributed by atoms with Crippen molar-refractivity contribution in [3.05, 3.63) is 24.3 Å². The summed E-state index contributed by atoms with van der Waals surface area (Å²) in [5.74, 6) is 1.06. The van der Waals surface area contributed by atoms with Gasteiger partial charge in [0.2, 0.25) is 11.8 Å². The Kier molecular flexibility index (Phi) is 5.41. The van der Waals surface area contributed by atoms with Gasteiger partial charge in [-0.2, -0.15) is 0 Å². The fourth-order valence-electron chi connectivity index (χ4n) is 6.87. The molecule has 1 aromatic rings.